The lowest BCUT2D eigenvalue weighted by molar-refractivity contribution is -0.174. The van der Waals surface area contributed by atoms with Crippen molar-refractivity contribution in [2.24, 2.45) is 5.41 Å². The van der Waals surface area contributed by atoms with Gasteiger partial charge in [0.25, 0.3) is 0 Å². The Morgan fingerprint density at radius 1 is 0.543 bits per heavy atom. The van der Waals surface area contributed by atoms with Crippen LogP contribution in [0.3, 0.4) is 0 Å². The quantitative estimate of drug-likeness (QED) is 0.128. The maximum Gasteiger partial charge on any atom is 0.334 e. The van der Waals surface area contributed by atoms with E-state index in [4.69, 9.17) is 19.6 Å². The molecule has 1 unspecified atom stereocenters. The number of hydrogen-bond acceptors (Lipinski definition) is 9. The van der Waals surface area contributed by atoms with E-state index < -0.39 is 47.5 Å². The highest BCUT2D eigenvalue weighted by molar-refractivity contribution is 7.53. The molecule has 3 rings (SSSR count). The van der Waals surface area contributed by atoms with Crippen molar-refractivity contribution in [1.82, 2.24) is 0 Å². The summed E-state index contributed by atoms with van der Waals surface area (Å²) < 4.78 is 3.60. The van der Waals surface area contributed by atoms with Crippen LogP contribution in [-0.4, -0.2) is 53.2 Å². The molecule has 0 saturated carbocycles. The number of aliphatic hydroxyl groups is 4. The number of aliphatic hydroxyl groups excluding tert-OH is 3. The molecule has 0 aliphatic rings. The largest absolute Gasteiger partial charge is 0.395 e. The van der Waals surface area contributed by atoms with Crippen molar-refractivity contribution < 1.29 is 44.3 Å². The maximum absolute atomic E-state index is 13.4. The van der Waals surface area contributed by atoms with Gasteiger partial charge < -0.3 is 40.0 Å². The second-order valence-electron chi connectivity index (χ2n) is 14.6. The molecule has 0 spiro atoms. The number of hydrogen-bond donors (Lipinski definition) is 8. The first-order valence-corrected chi connectivity index (χ1v) is 17.4. The van der Waals surface area contributed by atoms with E-state index >= 15 is 0 Å². The zero-order valence-electron chi connectivity index (χ0n) is 28.3. The minimum absolute atomic E-state index is 0.320. The van der Waals surface area contributed by atoms with E-state index in [0.29, 0.717) is 16.7 Å². The molecule has 0 aliphatic carbocycles. The van der Waals surface area contributed by atoms with Gasteiger partial charge in [0.05, 0.1) is 24.7 Å². The Morgan fingerprint density at radius 3 is 1.13 bits per heavy atom. The molecule has 9 nitrogen and oxygen atoms in total. The summed E-state index contributed by atoms with van der Waals surface area (Å²) in [7, 11) is -5.22. The highest BCUT2D eigenvalue weighted by Gasteiger charge is 2.59. The summed E-state index contributed by atoms with van der Waals surface area (Å²) in [4.78, 5) is 31.3. The third-order valence-electron chi connectivity index (χ3n) is 8.27. The third-order valence-corrected chi connectivity index (χ3v) is 9.44. The van der Waals surface area contributed by atoms with Gasteiger partial charge in [0.2, 0.25) is 0 Å². The fourth-order valence-corrected chi connectivity index (χ4v) is 6.54. The number of benzene rings is 3. The minimum Gasteiger partial charge on any atom is -0.395 e. The molecule has 3 aromatic rings. The van der Waals surface area contributed by atoms with Crippen LogP contribution in [0.2, 0.25) is 0 Å². The normalized spacial score (nSPS) is 13.9. The Hall–Kier alpha value is -1.84. The molecule has 0 amide bonds. The summed E-state index contributed by atoms with van der Waals surface area (Å²) in [6.07, 6.45) is -1.39. The van der Waals surface area contributed by atoms with Crippen molar-refractivity contribution >= 4 is 17.2 Å². The van der Waals surface area contributed by atoms with Crippen LogP contribution in [0.15, 0.2) is 72.8 Å². The second kappa shape index (κ2) is 15.6. The summed E-state index contributed by atoms with van der Waals surface area (Å²) >= 11 is 0. The van der Waals surface area contributed by atoms with Crippen LogP contribution in [-0.2, 0) is 26.2 Å². The van der Waals surface area contributed by atoms with E-state index in [-0.39, 0.29) is 16.2 Å². The van der Waals surface area contributed by atoms with Crippen LogP contribution < -0.4 is 0 Å². The van der Waals surface area contributed by atoms with Gasteiger partial charge in [-0.05, 0) is 49.6 Å². The maximum atomic E-state index is 13.4. The summed E-state index contributed by atoms with van der Waals surface area (Å²) in [5, 5.41) is 48.3. The highest BCUT2D eigenvalue weighted by Crippen LogP contribution is 2.56. The standard InChI is InChI=1S/C35H48O4.H4O5P2/c1-31(2,3)25-17-11-10-16-24(25)30(38)34(22-36,23-37)35(39,28-20-14-12-18-26(28)32(4,5)6)29-21-15-13-19-27(29)33(7,8)9;1-6(2)5-7(3)4/h10-21,30,36-39H,22-23H2,1-9H3;1-4H. The molecule has 0 radical (unpaired) electrons. The van der Waals surface area contributed by atoms with Gasteiger partial charge in [-0.1, -0.05) is 135 Å². The lowest BCUT2D eigenvalue weighted by atomic mass is 9.57. The Labute approximate surface area is 276 Å². The smallest absolute Gasteiger partial charge is 0.334 e. The Kier molecular flexibility index (Phi) is 13.7. The van der Waals surface area contributed by atoms with Crippen molar-refractivity contribution in [2.45, 2.75) is 90.3 Å². The lowest BCUT2D eigenvalue weighted by Crippen LogP contribution is -2.56. The minimum atomic E-state index is -2.61. The summed E-state index contributed by atoms with van der Waals surface area (Å²) in [5.41, 5.74) is -0.484. The third kappa shape index (κ3) is 8.79. The lowest BCUT2D eigenvalue weighted by Gasteiger charge is -2.51. The van der Waals surface area contributed by atoms with E-state index in [1.54, 1.807) is 0 Å². The molecule has 11 heteroatoms. The summed E-state index contributed by atoms with van der Waals surface area (Å²) in [6.45, 7) is 17.3. The molecule has 0 saturated heterocycles. The van der Waals surface area contributed by atoms with E-state index in [1.165, 1.54) is 0 Å². The Bertz CT molecular complexity index is 1340. The zero-order chi connectivity index (χ0) is 35.3. The van der Waals surface area contributed by atoms with Crippen LogP contribution >= 0.6 is 17.2 Å². The fourth-order valence-electron chi connectivity index (χ4n) is 6.02. The molecular formula is C35H52O9P2. The van der Waals surface area contributed by atoms with Crippen molar-refractivity contribution in [1.29, 1.82) is 0 Å². The highest BCUT2D eigenvalue weighted by atomic mass is 31.2. The van der Waals surface area contributed by atoms with Gasteiger partial charge in [-0.25, -0.2) is 4.31 Å². The van der Waals surface area contributed by atoms with Crippen molar-refractivity contribution in [2.75, 3.05) is 13.2 Å². The van der Waals surface area contributed by atoms with E-state index in [9.17, 15) is 20.4 Å². The van der Waals surface area contributed by atoms with Crippen molar-refractivity contribution in [3.63, 3.8) is 0 Å². The second-order valence-corrected chi connectivity index (χ2v) is 16.3. The van der Waals surface area contributed by atoms with Gasteiger partial charge >= 0.3 is 17.2 Å². The average Bonchev–Trinajstić information content (AvgIpc) is 2.96. The monoisotopic (exact) mass is 678 g/mol. The summed E-state index contributed by atoms with van der Waals surface area (Å²) in [6, 6.07) is 22.9. The zero-order valence-corrected chi connectivity index (χ0v) is 30.1. The first kappa shape index (κ1) is 40.3. The molecular weight excluding hydrogens is 626 g/mol. The average molecular weight is 679 g/mol. The van der Waals surface area contributed by atoms with Gasteiger partial charge in [-0.2, -0.15) is 0 Å². The van der Waals surface area contributed by atoms with E-state index in [2.05, 4.69) is 66.6 Å². The van der Waals surface area contributed by atoms with Crippen molar-refractivity contribution in [3.8, 4) is 0 Å². The summed E-state index contributed by atoms with van der Waals surface area (Å²) in [5.74, 6) is 0. The van der Waals surface area contributed by atoms with Crippen LogP contribution in [0, 0.1) is 5.41 Å². The van der Waals surface area contributed by atoms with Gasteiger partial charge in [-0.15, -0.1) is 0 Å². The Balaban J connectivity index is 0.000000942. The van der Waals surface area contributed by atoms with Crippen LogP contribution in [0.4, 0.5) is 0 Å². The molecule has 0 aliphatic heterocycles. The SMILES string of the molecule is CC(C)(C)c1ccccc1C(O)C(CO)(CO)C(O)(c1ccccc1C(C)(C)C)c1ccccc1C(C)(C)C.OP(O)OP(O)O. The van der Waals surface area contributed by atoms with E-state index in [0.717, 1.165) is 16.7 Å². The van der Waals surface area contributed by atoms with Gasteiger partial charge in [0.15, 0.2) is 0 Å². The van der Waals surface area contributed by atoms with Crippen molar-refractivity contribution in [3.05, 3.63) is 106 Å². The molecule has 46 heavy (non-hydrogen) atoms. The predicted molar refractivity (Wildman–Crippen MR) is 184 cm³/mol. The van der Waals surface area contributed by atoms with Gasteiger partial charge in [0, 0.05) is 0 Å². The molecule has 1 atom stereocenters. The molecule has 256 valence electrons. The Morgan fingerprint density at radius 2 is 0.848 bits per heavy atom. The molecule has 0 aromatic heterocycles. The molecule has 0 fully saturated rings. The van der Waals surface area contributed by atoms with Gasteiger partial charge in [-0.3, -0.25) is 0 Å². The first-order chi connectivity index (χ1) is 21.1. The molecule has 8 N–H and O–H groups in total. The molecule has 0 bridgehead atoms. The molecule has 0 heterocycles. The topological polar surface area (TPSA) is 171 Å². The molecule has 3 aromatic carbocycles. The number of rotatable bonds is 9. The van der Waals surface area contributed by atoms with E-state index in [1.807, 2.05) is 72.8 Å². The predicted octanol–water partition coefficient (Wildman–Crippen LogP) is 5.95. The van der Waals surface area contributed by atoms with Gasteiger partial charge in [0.1, 0.15) is 5.60 Å². The van der Waals surface area contributed by atoms with Crippen LogP contribution in [0.25, 0.3) is 0 Å². The fraction of sp³-hybridized carbons (Fsp3) is 0.486. The van der Waals surface area contributed by atoms with Crippen LogP contribution in [0.1, 0.15) is 102 Å². The van der Waals surface area contributed by atoms with Crippen LogP contribution in [0.5, 0.6) is 0 Å². The first-order valence-electron chi connectivity index (χ1n) is 15.0.